The summed E-state index contributed by atoms with van der Waals surface area (Å²) in [6.45, 7) is 2.38. The van der Waals surface area contributed by atoms with Gasteiger partial charge in [0.15, 0.2) is 0 Å². The summed E-state index contributed by atoms with van der Waals surface area (Å²) < 4.78 is 17.0. The van der Waals surface area contributed by atoms with Crippen molar-refractivity contribution in [2.45, 2.75) is 0 Å². The van der Waals surface area contributed by atoms with Crippen LogP contribution in [0.3, 0.4) is 0 Å². The van der Waals surface area contributed by atoms with Crippen molar-refractivity contribution < 1.29 is 13.9 Å². The van der Waals surface area contributed by atoms with Crippen LogP contribution in [-0.4, -0.2) is 43.9 Å². The highest BCUT2D eigenvalue weighted by atomic mass is 19.1. The van der Waals surface area contributed by atoms with E-state index in [1.54, 1.807) is 36.5 Å². The van der Waals surface area contributed by atoms with E-state index in [4.69, 9.17) is 10.5 Å². The molecule has 3 N–H and O–H groups in total. The third-order valence-electron chi connectivity index (χ3n) is 3.96. The van der Waals surface area contributed by atoms with Crippen molar-refractivity contribution in [2.75, 3.05) is 37.9 Å². The molecule has 0 unspecified atom stereocenters. The summed E-state index contributed by atoms with van der Waals surface area (Å²) in [7, 11) is 0. The molecule has 1 saturated heterocycles. The molecule has 0 saturated carbocycles. The van der Waals surface area contributed by atoms with Gasteiger partial charge in [-0.05, 0) is 23.8 Å². The van der Waals surface area contributed by atoms with Gasteiger partial charge in [-0.1, -0.05) is 12.1 Å². The summed E-state index contributed by atoms with van der Waals surface area (Å²) in [5.41, 5.74) is 7.57. The average Bonchev–Trinajstić information content (AvgIpc) is 2.63. The van der Waals surface area contributed by atoms with E-state index in [2.05, 4.69) is 15.2 Å². The lowest BCUT2D eigenvalue weighted by molar-refractivity contribution is 0.100. The van der Waals surface area contributed by atoms with Gasteiger partial charge in [0.2, 0.25) is 6.86 Å². The molecule has 2 heterocycles. The Balaban J connectivity index is 1.92. The normalized spacial score (nSPS) is 14.5. The summed E-state index contributed by atoms with van der Waals surface area (Å²) in [6.07, 6.45) is 1.72. The minimum absolute atomic E-state index is 0.401. The summed E-state index contributed by atoms with van der Waals surface area (Å²) in [5, 5.41) is 3.26. The summed E-state index contributed by atoms with van der Waals surface area (Å²) in [4.78, 5) is 18.4. The number of hydrogen-bond acceptors (Lipinski definition) is 5. The Labute approximate surface area is 139 Å². The SMILES string of the molecule is NC(=O)c1cc(-c2ccc(OCF)cc2)cnc1N1CCNCC1. The van der Waals surface area contributed by atoms with Crippen LogP contribution in [0.15, 0.2) is 36.5 Å². The molecule has 0 atom stereocenters. The van der Waals surface area contributed by atoms with Gasteiger partial charge in [0.05, 0.1) is 5.56 Å². The van der Waals surface area contributed by atoms with E-state index < -0.39 is 12.8 Å². The minimum Gasteiger partial charge on any atom is -0.463 e. The Morgan fingerprint density at radius 3 is 2.58 bits per heavy atom. The Bertz CT molecular complexity index is 715. The highest BCUT2D eigenvalue weighted by Crippen LogP contribution is 2.27. The van der Waals surface area contributed by atoms with Crippen molar-refractivity contribution in [1.29, 1.82) is 0 Å². The molecule has 0 spiro atoms. The second kappa shape index (κ2) is 7.27. The number of amides is 1. The van der Waals surface area contributed by atoms with Crippen LogP contribution in [0.2, 0.25) is 0 Å². The molecule has 0 radical (unpaired) electrons. The first kappa shape index (κ1) is 16.2. The molecule has 1 aliphatic rings. The first-order valence-electron chi connectivity index (χ1n) is 7.74. The number of ether oxygens (including phenoxy) is 1. The quantitative estimate of drug-likeness (QED) is 0.870. The molecule has 7 heteroatoms. The molecule has 24 heavy (non-hydrogen) atoms. The monoisotopic (exact) mass is 330 g/mol. The first-order valence-corrected chi connectivity index (χ1v) is 7.74. The lowest BCUT2D eigenvalue weighted by atomic mass is 10.0. The zero-order valence-electron chi connectivity index (χ0n) is 13.2. The van der Waals surface area contributed by atoms with Crippen LogP contribution in [0.25, 0.3) is 11.1 Å². The number of carbonyl (C=O) groups is 1. The maximum Gasteiger partial charge on any atom is 0.252 e. The maximum absolute atomic E-state index is 12.2. The zero-order valence-corrected chi connectivity index (χ0v) is 13.2. The van der Waals surface area contributed by atoms with E-state index in [1.807, 2.05) is 0 Å². The molecule has 0 aliphatic carbocycles. The molecule has 1 aromatic carbocycles. The Kier molecular flexibility index (Phi) is 4.90. The van der Waals surface area contributed by atoms with Crippen LogP contribution in [-0.2, 0) is 0 Å². The van der Waals surface area contributed by atoms with Crippen LogP contribution in [0.4, 0.5) is 10.2 Å². The van der Waals surface area contributed by atoms with E-state index in [1.165, 1.54) is 0 Å². The van der Waals surface area contributed by atoms with Crippen molar-refractivity contribution in [3.63, 3.8) is 0 Å². The van der Waals surface area contributed by atoms with E-state index in [0.717, 1.165) is 37.3 Å². The largest absolute Gasteiger partial charge is 0.463 e. The van der Waals surface area contributed by atoms with Gasteiger partial charge in [-0.3, -0.25) is 4.79 Å². The number of carbonyl (C=O) groups excluding carboxylic acids is 1. The highest BCUT2D eigenvalue weighted by molar-refractivity contribution is 5.99. The number of anilines is 1. The third-order valence-corrected chi connectivity index (χ3v) is 3.96. The van der Waals surface area contributed by atoms with Gasteiger partial charge in [0.1, 0.15) is 11.6 Å². The van der Waals surface area contributed by atoms with E-state index in [-0.39, 0.29) is 0 Å². The molecular weight excluding hydrogens is 311 g/mol. The van der Waals surface area contributed by atoms with Gasteiger partial charge in [0.25, 0.3) is 5.91 Å². The number of pyridine rings is 1. The van der Waals surface area contributed by atoms with E-state index >= 15 is 0 Å². The number of halogens is 1. The molecular formula is C17H19FN4O2. The van der Waals surface area contributed by atoms with Gasteiger partial charge in [-0.25, -0.2) is 9.37 Å². The summed E-state index contributed by atoms with van der Waals surface area (Å²) >= 11 is 0. The average molecular weight is 330 g/mol. The van der Waals surface area contributed by atoms with Crippen molar-refractivity contribution in [3.8, 4) is 16.9 Å². The number of rotatable bonds is 5. The summed E-state index contributed by atoms with van der Waals surface area (Å²) in [6, 6.07) is 8.67. The molecule has 1 aliphatic heterocycles. The molecule has 126 valence electrons. The van der Waals surface area contributed by atoms with E-state index in [9.17, 15) is 9.18 Å². The second-order valence-electron chi connectivity index (χ2n) is 5.47. The van der Waals surface area contributed by atoms with Gasteiger partial charge >= 0.3 is 0 Å². The molecule has 6 nitrogen and oxygen atoms in total. The van der Waals surface area contributed by atoms with Crippen LogP contribution in [0.1, 0.15) is 10.4 Å². The fourth-order valence-corrected chi connectivity index (χ4v) is 2.73. The Morgan fingerprint density at radius 2 is 1.96 bits per heavy atom. The second-order valence-corrected chi connectivity index (χ2v) is 5.47. The van der Waals surface area contributed by atoms with Gasteiger partial charge in [-0.2, -0.15) is 0 Å². The van der Waals surface area contributed by atoms with Crippen LogP contribution in [0.5, 0.6) is 5.75 Å². The lowest BCUT2D eigenvalue weighted by Crippen LogP contribution is -2.44. The summed E-state index contributed by atoms with van der Waals surface area (Å²) in [5.74, 6) is 0.558. The molecule has 1 amide bonds. The number of nitrogens with two attached hydrogens (primary N) is 1. The van der Waals surface area contributed by atoms with Gasteiger partial charge < -0.3 is 20.7 Å². The molecule has 1 fully saturated rings. The van der Waals surface area contributed by atoms with Crippen molar-refractivity contribution in [1.82, 2.24) is 10.3 Å². The van der Waals surface area contributed by atoms with Crippen molar-refractivity contribution >= 4 is 11.7 Å². The topological polar surface area (TPSA) is 80.5 Å². The Hall–Kier alpha value is -2.67. The minimum atomic E-state index is -0.869. The van der Waals surface area contributed by atoms with Crippen molar-refractivity contribution in [2.24, 2.45) is 5.73 Å². The highest BCUT2D eigenvalue weighted by Gasteiger charge is 2.19. The van der Waals surface area contributed by atoms with Gasteiger partial charge in [0, 0.05) is 37.9 Å². The first-order chi connectivity index (χ1) is 11.7. The Morgan fingerprint density at radius 1 is 1.25 bits per heavy atom. The predicted octanol–water partition coefficient (Wildman–Crippen LogP) is 1.56. The van der Waals surface area contributed by atoms with Crippen LogP contribution < -0.4 is 20.7 Å². The number of hydrogen-bond donors (Lipinski definition) is 2. The fraction of sp³-hybridized carbons (Fsp3) is 0.294. The zero-order chi connectivity index (χ0) is 16.9. The standard InChI is InChI=1S/C17H19FN4O2/c18-11-24-14-3-1-12(2-4-14)13-9-15(16(19)23)17(21-10-13)22-7-5-20-6-8-22/h1-4,9-10,20H,5-8,11H2,(H2,19,23). The van der Waals surface area contributed by atoms with Crippen LogP contribution >= 0.6 is 0 Å². The number of nitrogens with one attached hydrogen (secondary N) is 1. The van der Waals surface area contributed by atoms with Gasteiger partial charge in [-0.15, -0.1) is 0 Å². The molecule has 2 aromatic rings. The third kappa shape index (κ3) is 3.46. The maximum atomic E-state index is 12.2. The number of piperazine rings is 1. The van der Waals surface area contributed by atoms with Crippen LogP contribution in [0, 0.1) is 0 Å². The molecule has 3 rings (SSSR count). The van der Waals surface area contributed by atoms with Crippen molar-refractivity contribution in [3.05, 3.63) is 42.1 Å². The number of benzene rings is 1. The fourth-order valence-electron chi connectivity index (χ4n) is 2.73. The smallest absolute Gasteiger partial charge is 0.252 e. The molecule has 0 bridgehead atoms. The van der Waals surface area contributed by atoms with E-state index in [0.29, 0.717) is 17.1 Å². The number of primary amides is 1. The number of aromatic nitrogens is 1. The number of nitrogens with zero attached hydrogens (tertiary/aromatic N) is 2. The number of alkyl halides is 1. The predicted molar refractivity (Wildman–Crippen MR) is 89.9 cm³/mol. The lowest BCUT2D eigenvalue weighted by Gasteiger charge is -2.29. The molecule has 1 aromatic heterocycles.